The van der Waals surface area contributed by atoms with Gasteiger partial charge in [0.25, 0.3) is 5.91 Å². The lowest BCUT2D eigenvalue weighted by Gasteiger charge is -2.19. The molecule has 1 aromatic heterocycles. The van der Waals surface area contributed by atoms with Gasteiger partial charge in [0, 0.05) is 17.1 Å². The van der Waals surface area contributed by atoms with Crippen LogP contribution in [0.5, 0.6) is 11.5 Å². The Bertz CT molecular complexity index is 1470. The molecule has 0 radical (unpaired) electrons. The summed E-state index contributed by atoms with van der Waals surface area (Å²) in [5.74, 6) is -0.118. The van der Waals surface area contributed by atoms with E-state index in [-0.39, 0.29) is 16.8 Å². The quantitative estimate of drug-likeness (QED) is 0.280. The first-order valence-electron chi connectivity index (χ1n) is 13.1. The molecule has 1 heterocycles. The fraction of sp³-hybridized carbons (Fsp3) is 0.312. The van der Waals surface area contributed by atoms with E-state index in [1.54, 1.807) is 6.07 Å². The number of anilines is 1. The minimum Gasteiger partial charge on any atom is -0.457 e. The minimum atomic E-state index is -0.831. The maximum atomic E-state index is 14.1. The smallest absolute Gasteiger partial charge is 0.274 e. The summed E-state index contributed by atoms with van der Waals surface area (Å²) in [4.78, 5) is 17.8. The van der Waals surface area contributed by atoms with Crippen molar-refractivity contribution in [1.29, 1.82) is 0 Å². The number of halogens is 2. The first-order chi connectivity index (χ1) is 18.2. The largest absolute Gasteiger partial charge is 0.457 e. The highest BCUT2D eigenvalue weighted by atomic mass is 19.1. The number of rotatable bonds is 6. The van der Waals surface area contributed by atoms with Crippen LogP contribution in [-0.2, 0) is 11.8 Å². The number of ether oxygens (including phenoxy) is 1. The summed E-state index contributed by atoms with van der Waals surface area (Å²) in [6.45, 7) is 6.53. The van der Waals surface area contributed by atoms with Crippen LogP contribution < -0.4 is 10.1 Å². The predicted molar refractivity (Wildman–Crippen MR) is 147 cm³/mol. The Hall–Kier alpha value is -3.80. The van der Waals surface area contributed by atoms with Crippen LogP contribution in [0, 0.1) is 17.6 Å². The summed E-state index contributed by atoms with van der Waals surface area (Å²) in [6.07, 6.45) is 5.43. The van der Waals surface area contributed by atoms with Gasteiger partial charge in [0.1, 0.15) is 28.8 Å². The summed E-state index contributed by atoms with van der Waals surface area (Å²) in [5.41, 5.74) is 2.23. The van der Waals surface area contributed by atoms with E-state index < -0.39 is 17.5 Å². The van der Waals surface area contributed by atoms with E-state index in [9.17, 15) is 13.6 Å². The van der Waals surface area contributed by atoms with Crippen molar-refractivity contribution >= 4 is 22.4 Å². The maximum absolute atomic E-state index is 14.1. The Kier molecular flexibility index (Phi) is 7.15. The van der Waals surface area contributed by atoms with Gasteiger partial charge in [-0.1, -0.05) is 64.7 Å². The standard InChI is InChI=1S/C32H32F2N2O2/c1-32(2,3)22-9-13-24(14-10-22)38-25-12-8-21-17-30(31(37)36-28-15-11-23(33)18-27(28)34)35-29(26(21)19-25)16-20-6-4-5-7-20/h8-15,17-20H,4-7,16H2,1-3H3,(H,36,37). The molecule has 4 nitrogen and oxygen atoms in total. The molecule has 4 aromatic rings. The Morgan fingerprint density at radius 3 is 2.34 bits per heavy atom. The van der Waals surface area contributed by atoms with Crippen molar-refractivity contribution in [1.82, 2.24) is 4.98 Å². The van der Waals surface area contributed by atoms with Gasteiger partial charge in [0.2, 0.25) is 0 Å². The average molecular weight is 515 g/mol. The summed E-state index contributed by atoms with van der Waals surface area (Å²) in [6, 6.07) is 18.7. The third-order valence-corrected chi connectivity index (χ3v) is 7.21. The minimum absolute atomic E-state index is 0.0642. The number of carbonyl (C=O) groups is 1. The van der Waals surface area contributed by atoms with E-state index in [0.717, 1.165) is 53.6 Å². The molecule has 0 aliphatic heterocycles. The van der Waals surface area contributed by atoms with Gasteiger partial charge in [-0.25, -0.2) is 13.8 Å². The third kappa shape index (κ3) is 5.85. The van der Waals surface area contributed by atoms with Gasteiger partial charge < -0.3 is 10.1 Å². The molecule has 1 N–H and O–H groups in total. The number of nitrogens with zero attached hydrogens (tertiary/aromatic N) is 1. The molecule has 0 atom stereocenters. The Balaban J connectivity index is 1.46. The van der Waals surface area contributed by atoms with Crippen molar-refractivity contribution in [2.24, 2.45) is 5.92 Å². The molecule has 3 aromatic carbocycles. The number of aromatic nitrogens is 1. The highest BCUT2D eigenvalue weighted by Crippen LogP contribution is 2.33. The van der Waals surface area contributed by atoms with Crippen molar-refractivity contribution in [2.45, 2.75) is 58.3 Å². The van der Waals surface area contributed by atoms with Crippen LogP contribution >= 0.6 is 0 Å². The summed E-state index contributed by atoms with van der Waals surface area (Å²) in [7, 11) is 0. The van der Waals surface area contributed by atoms with Gasteiger partial charge >= 0.3 is 0 Å². The van der Waals surface area contributed by atoms with Gasteiger partial charge in [-0.3, -0.25) is 4.79 Å². The van der Waals surface area contributed by atoms with E-state index in [0.29, 0.717) is 11.7 Å². The monoisotopic (exact) mass is 514 g/mol. The van der Waals surface area contributed by atoms with Crippen molar-refractivity contribution in [3.8, 4) is 11.5 Å². The van der Waals surface area contributed by atoms with Gasteiger partial charge in [-0.05, 0) is 71.2 Å². The molecule has 1 aliphatic carbocycles. The topological polar surface area (TPSA) is 51.2 Å². The normalized spacial score (nSPS) is 14.1. The lowest BCUT2D eigenvalue weighted by Crippen LogP contribution is -2.16. The van der Waals surface area contributed by atoms with Gasteiger partial charge in [0.15, 0.2) is 0 Å². The summed E-state index contributed by atoms with van der Waals surface area (Å²) >= 11 is 0. The van der Waals surface area contributed by atoms with E-state index in [4.69, 9.17) is 9.72 Å². The zero-order valence-electron chi connectivity index (χ0n) is 22.0. The van der Waals surface area contributed by atoms with Crippen LogP contribution in [0.2, 0.25) is 0 Å². The molecule has 1 aliphatic rings. The molecule has 1 fully saturated rings. The van der Waals surface area contributed by atoms with Gasteiger partial charge in [0.05, 0.1) is 5.69 Å². The van der Waals surface area contributed by atoms with Crippen LogP contribution in [0.3, 0.4) is 0 Å². The molecule has 1 saturated carbocycles. The van der Waals surface area contributed by atoms with Crippen LogP contribution in [0.25, 0.3) is 10.8 Å². The second-order valence-corrected chi connectivity index (χ2v) is 11.1. The zero-order valence-corrected chi connectivity index (χ0v) is 22.0. The fourth-order valence-corrected chi connectivity index (χ4v) is 5.06. The van der Waals surface area contributed by atoms with Crippen LogP contribution in [0.15, 0.2) is 66.7 Å². The number of nitrogens with one attached hydrogen (secondary N) is 1. The molecule has 5 rings (SSSR count). The molecule has 196 valence electrons. The van der Waals surface area contributed by atoms with E-state index in [1.807, 2.05) is 30.3 Å². The van der Waals surface area contributed by atoms with Gasteiger partial charge in [-0.15, -0.1) is 0 Å². The predicted octanol–water partition coefficient (Wildman–Crippen LogP) is 8.59. The van der Waals surface area contributed by atoms with E-state index in [1.165, 1.54) is 24.5 Å². The van der Waals surface area contributed by atoms with Crippen LogP contribution in [0.1, 0.15) is 68.2 Å². The number of fused-ring (bicyclic) bond motifs is 1. The molecule has 38 heavy (non-hydrogen) atoms. The fourth-order valence-electron chi connectivity index (χ4n) is 5.06. The SMILES string of the molecule is CC(C)(C)c1ccc(Oc2ccc3cc(C(=O)Nc4ccc(F)cc4F)nc(CC4CCCC4)c3c2)cc1. The first kappa shape index (κ1) is 25.8. The summed E-state index contributed by atoms with van der Waals surface area (Å²) in [5, 5.41) is 4.32. The van der Waals surface area contributed by atoms with Crippen molar-refractivity contribution in [3.63, 3.8) is 0 Å². The second-order valence-electron chi connectivity index (χ2n) is 11.1. The van der Waals surface area contributed by atoms with E-state index >= 15 is 0 Å². The Morgan fingerprint density at radius 1 is 0.947 bits per heavy atom. The van der Waals surface area contributed by atoms with Crippen molar-refractivity contribution in [2.75, 3.05) is 5.32 Å². The van der Waals surface area contributed by atoms with Gasteiger partial charge in [-0.2, -0.15) is 0 Å². The molecular weight excluding hydrogens is 482 g/mol. The number of carbonyl (C=O) groups excluding carboxylic acids is 1. The molecule has 0 bridgehead atoms. The maximum Gasteiger partial charge on any atom is 0.274 e. The molecule has 1 amide bonds. The highest BCUT2D eigenvalue weighted by Gasteiger charge is 2.21. The average Bonchev–Trinajstić information content (AvgIpc) is 3.39. The Morgan fingerprint density at radius 2 is 1.66 bits per heavy atom. The number of hydrogen-bond acceptors (Lipinski definition) is 3. The van der Waals surface area contributed by atoms with Crippen molar-refractivity contribution < 1.29 is 18.3 Å². The molecular formula is C32H32F2N2O2. The number of amides is 1. The lowest BCUT2D eigenvalue weighted by molar-refractivity contribution is 0.102. The first-order valence-corrected chi connectivity index (χ1v) is 13.1. The third-order valence-electron chi connectivity index (χ3n) is 7.21. The van der Waals surface area contributed by atoms with Crippen molar-refractivity contribution in [3.05, 3.63) is 95.3 Å². The summed E-state index contributed by atoms with van der Waals surface area (Å²) < 4.78 is 33.6. The molecule has 0 spiro atoms. The highest BCUT2D eigenvalue weighted by molar-refractivity contribution is 6.05. The molecule has 0 saturated heterocycles. The molecule has 6 heteroatoms. The number of hydrogen-bond donors (Lipinski definition) is 1. The number of benzene rings is 3. The number of pyridine rings is 1. The van der Waals surface area contributed by atoms with Crippen LogP contribution in [0.4, 0.5) is 14.5 Å². The Labute approximate surface area is 222 Å². The zero-order chi connectivity index (χ0) is 26.9. The molecule has 0 unspecified atom stereocenters. The second kappa shape index (κ2) is 10.5. The van der Waals surface area contributed by atoms with Crippen LogP contribution in [-0.4, -0.2) is 10.9 Å². The lowest BCUT2D eigenvalue weighted by atomic mass is 9.87. The van der Waals surface area contributed by atoms with E-state index in [2.05, 4.69) is 38.2 Å².